The largest absolute Gasteiger partial charge is 0.352 e. The van der Waals surface area contributed by atoms with Gasteiger partial charge in [0.15, 0.2) is 0 Å². The van der Waals surface area contributed by atoms with E-state index in [-0.39, 0.29) is 23.5 Å². The molecule has 144 valence electrons. The van der Waals surface area contributed by atoms with E-state index in [1.165, 1.54) is 24.3 Å². The Hall–Kier alpha value is -2.53. The van der Waals surface area contributed by atoms with E-state index in [9.17, 15) is 13.6 Å². The highest BCUT2D eigenvalue weighted by molar-refractivity contribution is 9.10. The molecule has 0 radical (unpaired) electrons. The Balaban J connectivity index is 1.63. The molecule has 0 atom stereocenters. The molecule has 0 bridgehead atoms. The van der Waals surface area contributed by atoms with Gasteiger partial charge >= 0.3 is 0 Å². The van der Waals surface area contributed by atoms with Crippen molar-refractivity contribution in [3.63, 3.8) is 0 Å². The van der Waals surface area contributed by atoms with Gasteiger partial charge in [0, 0.05) is 22.5 Å². The smallest absolute Gasteiger partial charge is 0.251 e. The molecule has 28 heavy (non-hydrogen) atoms. The van der Waals surface area contributed by atoms with Crippen LogP contribution >= 0.6 is 15.9 Å². The summed E-state index contributed by atoms with van der Waals surface area (Å²) in [5.74, 6) is -0.690. The number of carbonyl (C=O) groups excluding carboxylic acids is 1. The Bertz CT molecular complexity index is 863. The Kier molecular flexibility index (Phi) is 6.93. The Morgan fingerprint density at radius 1 is 0.821 bits per heavy atom. The normalized spacial score (nSPS) is 10.9. The van der Waals surface area contributed by atoms with Gasteiger partial charge in [0.05, 0.1) is 0 Å². The van der Waals surface area contributed by atoms with E-state index in [1.54, 1.807) is 36.4 Å². The van der Waals surface area contributed by atoms with Gasteiger partial charge in [-0.1, -0.05) is 40.2 Å². The van der Waals surface area contributed by atoms with Gasteiger partial charge in [-0.05, 0) is 72.5 Å². The molecule has 0 heterocycles. The van der Waals surface area contributed by atoms with Gasteiger partial charge in [-0.15, -0.1) is 0 Å². The topological polar surface area (TPSA) is 29.1 Å². The van der Waals surface area contributed by atoms with Crippen molar-refractivity contribution in [3.8, 4) is 0 Å². The lowest BCUT2D eigenvalue weighted by Crippen LogP contribution is -2.24. The first-order valence-electron chi connectivity index (χ1n) is 9.07. The highest BCUT2D eigenvalue weighted by Crippen LogP contribution is 2.29. The quantitative estimate of drug-likeness (QED) is 0.441. The fourth-order valence-corrected chi connectivity index (χ4v) is 3.39. The standard InChI is InChI=1S/C23H20BrF2NO/c24-19-9-3-18(4-10-19)23(28)27-15-1-2-22(16-5-11-20(25)12-6-16)17-7-13-21(26)14-8-17/h3-14,22H,1-2,15H2,(H,27,28). The van der Waals surface area contributed by atoms with Crippen molar-refractivity contribution < 1.29 is 13.6 Å². The fraction of sp³-hybridized carbons (Fsp3) is 0.174. The molecule has 0 saturated carbocycles. The van der Waals surface area contributed by atoms with Gasteiger partial charge in [0.25, 0.3) is 5.91 Å². The van der Waals surface area contributed by atoms with E-state index in [4.69, 9.17) is 0 Å². The minimum absolute atomic E-state index is 0.00535. The van der Waals surface area contributed by atoms with Crippen molar-refractivity contribution in [2.24, 2.45) is 0 Å². The highest BCUT2D eigenvalue weighted by Gasteiger charge is 2.15. The SMILES string of the molecule is O=C(NCCCC(c1ccc(F)cc1)c1ccc(F)cc1)c1ccc(Br)cc1. The summed E-state index contributed by atoms with van der Waals surface area (Å²) in [6, 6.07) is 19.9. The molecule has 3 rings (SSSR count). The van der Waals surface area contributed by atoms with Gasteiger partial charge in [-0.25, -0.2) is 8.78 Å². The monoisotopic (exact) mass is 443 g/mol. The summed E-state index contributed by atoms with van der Waals surface area (Å²) in [6.07, 6.45) is 1.49. The van der Waals surface area contributed by atoms with Crippen LogP contribution in [0.3, 0.4) is 0 Å². The predicted molar refractivity (Wildman–Crippen MR) is 110 cm³/mol. The second-order valence-electron chi connectivity index (χ2n) is 6.56. The third kappa shape index (κ3) is 5.49. The zero-order chi connectivity index (χ0) is 19.9. The first kappa shape index (κ1) is 20.2. The van der Waals surface area contributed by atoms with E-state index in [2.05, 4.69) is 21.2 Å². The number of hydrogen-bond acceptors (Lipinski definition) is 1. The Morgan fingerprint density at radius 3 is 1.82 bits per heavy atom. The van der Waals surface area contributed by atoms with Crippen LogP contribution in [0.5, 0.6) is 0 Å². The van der Waals surface area contributed by atoms with Gasteiger partial charge in [0.1, 0.15) is 11.6 Å². The molecule has 1 N–H and O–H groups in total. The molecule has 3 aromatic rings. The van der Waals surface area contributed by atoms with Crippen LogP contribution in [0.15, 0.2) is 77.3 Å². The summed E-state index contributed by atoms with van der Waals surface area (Å²) in [5, 5.41) is 2.92. The minimum atomic E-state index is -0.289. The number of amides is 1. The molecule has 0 unspecified atom stereocenters. The molecule has 1 amide bonds. The third-order valence-electron chi connectivity index (χ3n) is 4.61. The van der Waals surface area contributed by atoms with Crippen LogP contribution in [0.1, 0.15) is 40.2 Å². The molecule has 2 nitrogen and oxygen atoms in total. The zero-order valence-corrected chi connectivity index (χ0v) is 16.8. The molecular weight excluding hydrogens is 424 g/mol. The second kappa shape index (κ2) is 9.60. The summed E-state index contributed by atoms with van der Waals surface area (Å²) in [6.45, 7) is 0.522. The molecule has 0 aromatic heterocycles. The Labute approximate surface area is 171 Å². The van der Waals surface area contributed by atoms with Gasteiger partial charge in [-0.3, -0.25) is 4.79 Å². The maximum atomic E-state index is 13.3. The fourth-order valence-electron chi connectivity index (χ4n) is 3.13. The molecular formula is C23H20BrF2NO. The number of halogens is 3. The maximum Gasteiger partial charge on any atom is 0.251 e. The highest BCUT2D eigenvalue weighted by atomic mass is 79.9. The van der Waals surface area contributed by atoms with Crippen molar-refractivity contribution in [1.29, 1.82) is 0 Å². The van der Waals surface area contributed by atoms with Crippen LogP contribution in [0.25, 0.3) is 0 Å². The van der Waals surface area contributed by atoms with Gasteiger partial charge in [0.2, 0.25) is 0 Å². The van der Waals surface area contributed by atoms with Gasteiger partial charge < -0.3 is 5.32 Å². The number of nitrogens with one attached hydrogen (secondary N) is 1. The van der Waals surface area contributed by atoms with E-state index in [1.807, 2.05) is 12.1 Å². The number of rotatable bonds is 7. The zero-order valence-electron chi connectivity index (χ0n) is 15.2. The van der Waals surface area contributed by atoms with Crippen molar-refractivity contribution in [2.45, 2.75) is 18.8 Å². The maximum absolute atomic E-state index is 13.3. The lowest BCUT2D eigenvalue weighted by molar-refractivity contribution is 0.0953. The molecule has 5 heteroatoms. The lowest BCUT2D eigenvalue weighted by atomic mass is 9.87. The number of hydrogen-bond donors (Lipinski definition) is 1. The number of benzene rings is 3. The molecule has 0 aliphatic rings. The van der Waals surface area contributed by atoms with E-state index in [0.29, 0.717) is 12.1 Å². The van der Waals surface area contributed by atoms with E-state index in [0.717, 1.165) is 28.4 Å². The third-order valence-corrected chi connectivity index (χ3v) is 5.13. The van der Waals surface area contributed by atoms with Crippen LogP contribution in [0.2, 0.25) is 0 Å². The number of carbonyl (C=O) groups is 1. The van der Waals surface area contributed by atoms with Gasteiger partial charge in [-0.2, -0.15) is 0 Å². The van der Waals surface area contributed by atoms with Crippen molar-refractivity contribution in [3.05, 3.63) is 106 Å². The molecule has 0 saturated heterocycles. The summed E-state index contributed by atoms with van der Waals surface area (Å²) < 4.78 is 27.5. The van der Waals surface area contributed by atoms with Crippen LogP contribution in [-0.2, 0) is 0 Å². The van der Waals surface area contributed by atoms with Crippen molar-refractivity contribution >= 4 is 21.8 Å². The first-order valence-corrected chi connectivity index (χ1v) is 9.87. The first-order chi connectivity index (χ1) is 13.5. The van der Waals surface area contributed by atoms with Crippen LogP contribution in [0.4, 0.5) is 8.78 Å². The summed E-state index contributed by atoms with van der Waals surface area (Å²) >= 11 is 3.35. The Morgan fingerprint density at radius 2 is 1.32 bits per heavy atom. The summed E-state index contributed by atoms with van der Waals surface area (Å²) in [7, 11) is 0. The molecule has 0 aliphatic carbocycles. The second-order valence-corrected chi connectivity index (χ2v) is 7.48. The van der Waals surface area contributed by atoms with Crippen LogP contribution in [-0.4, -0.2) is 12.5 Å². The van der Waals surface area contributed by atoms with Crippen molar-refractivity contribution in [1.82, 2.24) is 5.32 Å². The average molecular weight is 444 g/mol. The molecule has 0 aliphatic heterocycles. The van der Waals surface area contributed by atoms with E-state index >= 15 is 0 Å². The molecule has 3 aromatic carbocycles. The lowest BCUT2D eigenvalue weighted by Gasteiger charge is -2.18. The van der Waals surface area contributed by atoms with Crippen LogP contribution in [0, 0.1) is 11.6 Å². The summed E-state index contributed by atoms with van der Waals surface area (Å²) in [4.78, 5) is 12.2. The average Bonchev–Trinajstić information content (AvgIpc) is 2.70. The summed E-state index contributed by atoms with van der Waals surface area (Å²) in [5.41, 5.74) is 2.54. The molecule has 0 spiro atoms. The molecule has 0 fully saturated rings. The predicted octanol–water partition coefficient (Wildman–Crippen LogP) is 6.07. The van der Waals surface area contributed by atoms with Crippen LogP contribution < -0.4 is 5.32 Å². The minimum Gasteiger partial charge on any atom is -0.352 e. The van der Waals surface area contributed by atoms with Crippen molar-refractivity contribution in [2.75, 3.05) is 6.54 Å². The van der Waals surface area contributed by atoms with E-state index < -0.39 is 0 Å².